The van der Waals surface area contributed by atoms with Gasteiger partial charge in [-0.25, -0.2) is 5.43 Å². The minimum absolute atomic E-state index is 0.217. The van der Waals surface area contributed by atoms with Crippen molar-refractivity contribution >= 4 is 45.3 Å². The van der Waals surface area contributed by atoms with E-state index < -0.39 is 0 Å². The Bertz CT molecular complexity index is 1320. The van der Waals surface area contributed by atoms with Gasteiger partial charge in [0.1, 0.15) is 5.52 Å². The smallest absolute Gasteiger partial charge is 0.276 e. The Morgan fingerprint density at radius 1 is 1.07 bits per heavy atom. The van der Waals surface area contributed by atoms with Crippen molar-refractivity contribution in [2.24, 2.45) is 5.10 Å². The lowest BCUT2D eigenvalue weighted by molar-refractivity contribution is -0.110. The second-order valence-electron chi connectivity index (χ2n) is 6.99. The highest BCUT2D eigenvalue weighted by Gasteiger charge is 2.28. The SMILES string of the molecule is Cc1cc(C)c2c(c1)/C(=N\Nc1nnc3c(n1)[nH]c1c(C)cccc13)C(=O)N2. The van der Waals surface area contributed by atoms with Crippen LogP contribution in [-0.2, 0) is 4.79 Å². The molecule has 1 aliphatic heterocycles. The molecule has 2 aromatic heterocycles. The molecule has 5 rings (SSSR count). The lowest BCUT2D eigenvalue weighted by atomic mass is 10.0. The number of aryl methyl sites for hydroxylation is 3. The summed E-state index contributed by atoms with van der Waals surface area (Å²) in [7, 11) is 0. The first-order valence-corrected chi connectivity index (χ1v) is 8.89. The fourth-order valence-electron chi connectivity index (χ4n) is 3.62. The molecular formula is C20H17N7O. The molecule has 0 saturated heterocycles. The van der Waals surface area contributed by atoms with Crippen molar-refractivity contribution < 1.29 is 4.79 Å². The highest BCUT2D eigenvalue weighted by molar-refractivity contribution is 6.54. The van der Waals surface area contributed by atoms with Gasteiger partial charge >= 0.3 is 0 Å². The number of benzene rings is 2. The van der Waals surface area contributed by atoms with Crippen LogP contribution in [0.1, 0.15) is 22.3 Å². The minimum atomic E-state index is -0.258. The van der Waals surface area contributed by atoms with E-state index in [1.807, 2.05) is 51.1 Å². The predicted octanol–water partition coefficient (Wildman–Crippen LogP) is 3.20. The third-order valence-electron chi connectivity index (χ3n) is 4.91. The van der Waals surface area contributed by atoms with E-state index in [2.05, 4.69) is 36.0 Å². The highest BCUT2D eigenvalue weighted by atomic mass is 16.2. The Hall–Kier alpha value is -3.81. The van der Waals surface area contributed by atoms with Crippen molar-refractivity contribution in [3.8, 4) is 0 Å². The van der Waals surface area contributed by atoms with E-state index in [0.717, 1.165) is 38.8 Å². The van der Waals surface area contributed by atoms with Crippen LogP contribution in [0, 0.1) is 20.8 Å². The van der Waals surface area contributed by atoms with Gasteiger partial charge in [-0.15, -0.1) is 10.2 Å². The number of nitrogens with zero attached hydrogens (tertiary/aromatic N) is 4. The topological polar surface area (TPSA) is 108 Å². The van der Waals surface area contributed by atoms with Crippen molar-refractivity contribution in [1.82, 2.24) is 20.2 Å². The monoisotopic (exact) mass is 371 g/mol. The first kappa shape index (κ1) is 16.4. The number of amides is 1. The fraction of sp³-hybridized carbons (Fsp3) is 0.150. The van der Waals surface area contributed by atoms with Crippen LogP contribution in [0.2, 0.25) is 0 Å². The lowest BCUT2D eigenvalue weighted by Crippen LogP contribution is -2.16. The van der Waals surface area contributed by atoms with E-state index in [4.69, 9.17) is 0 Å². The van der Waals surface area contributed by atoms with Crippen molar-refractivity contribution in [2.75, 3.05) is 10.7 Å². The van der Waals surface area contributed by atoms with Crippen LogP contribution in [0.4, 0.5) is 11.6 Å². The minimum Gasteiger partial charge on any atom is -0.337 e. The maximum atomic E-state index is 12.3. The third-order valence-corrected chi connectivity index (χ3v) is 4.91. The van der Waals surface area contributed by atoms with E-state index in [-0.39, 0.29) is 11.9 Å². The van der Waals surface area contributed by atoms with Crippen LogP contribution in [0.15, 0.2) is 35.4 Å². The van der Waals surface area contributed by atoms with Crippen molar-refractivity contribution in [1.29, 1.82) is 0 Å². The van der Waals surface area contributed by atoms with Crippen LogP contribution in [0.25, 0.3) is 22.1 Å². The molecule has 0 fully saturated rings. The molecule has 8 nitrogen and oxygen atoms in total. The summed E-state index contributed by atoms with van der Waals surface area (Å²) in [5, 5.41) is 16.5. The Morgan fingerprint density at radius 3 is 2.79 bits per heavy atom. The van der Waals surface area contributed by atoms with Gasteiger partial charge in [0.25, 0.3) is 11.9 Å². The molecule has 3 heterocycles. The molecular weight excluding hydrogens is 354 g/mol. The van der Waals surface area contributed by atoms with E-state index >= 15 is 0 Å². The molecule has 4 aromatic rings. The predicted molar refractivity (Wildman–Crippen MR) is 109 cm³/mol. The molecule has 8 heteroatoms. The Labute approximate surface area is 160 Å². The van der Waals surface area contributed by atoms with Gasteiger partial charge in [0.05, 0.1) is 11.2 Å². The highest BCUT2D eigenvalue weighted by Crippen LogP contribution is 2.29. The zero-order valence-electron chi connectivity index (χ0n) is 15.6. The molecule has 2 aromatic carbocycles. The van der Waals surface area contributed by atoms with Gasteiger partial charge in [-0.1, -0.05) is 29.8 Å². The van der Waals surface area contributed by atoms with E-state index in [1.165, 1.54) is 0 Å². The van der Waals surface area contributed by atoms with Crippen LogP contribution in [0.3, 0.4) is 0 Å². The molecule has 28 heavy (non-hydrogen) atoms. The van der Waals surface area contributed by atoms with Gasteiger partial charge in [0, 0.05) is 10.9 Å². The molecule has 0 atom stereocenters. The maximum absolute atomic E-state index is 12.3. The normalized spacial score (nSPS) is 14.7. The fourth-order valence-corrected chi connectivity index (χ4v) is 3.62. The number of aromatic nitrogens is 4. The Morgan fingerprint density at radius 2 is 1.93 bits per heavy atom. The van der Waals surface area contributed by atoms with Crippen molar-refractivity contribution in [3.05, 3.63) is 52.6 Å². The number of fused-ring (bicyclic) bond motifs is 4. The summed E-state index contributed by atoms with van der Waals surface area (Å²) in [6.07, 6.45) is 0. The van der Waals surface area contributed by atoms with Crippen LogP contribution in [-0.4, -0.2) is 31.8 Å². The van der Waals surface area contributed by atoms with Gasteiger partial charge in [-0.2, -0.15) is 10.1 Å². The maximum Gasteiger partial charge on any atom is 0.276 e. The molecule has 0 bridgehead atoms. The molecule has 0 saturated carbocycles. The molecule has 0 unspecified atom stereocenters. The third kappa shape index (κ3) is 2.42. The number of nitrogens with one attached hydrogen (secondary N) is 3. The number of rotatable bonds is 2. The second-order valence-corrected chi connectivity index (χ2v) is 6.99. The number of anilines is 2. The summed E-state index contributed by atoms with van der Waals surface area (Å²) in [5.41, 5.74) is 10.1. The van der Waals surface area contributed by atoms with E-state index in [0.29, 0.717) is 16.9 Å². The number of hydrogen-bond acceptors (Lipinski definition) is 6. The Kier molecular flexibility index (Phi) is 3.42. The number of hydrazone groups is 1. The second kappa shape index (κ2) is 5.85. The number of aromatic amines is 1. The summed E-state index contributed by atoms with van der Waals surface area (Å²) in [5.74, 6) is -0.0405. The van der Waals surface area contributed by atoms with Crippen LogP contribution >= 0.6 is 0 Å². The van der Waals surface area contributed by atoms with E-state index in [1.54, 1.807) is 0 Å². The number of para-hydroxylation sites is 1. The number of H-pyrrole nitrogens is 1. The zero-order valence-corrected chi connectivity index (χ0v) is 15.6. The Balaban J connectivity index is 1.54. The molecule has 0 spiro atoms. The standard InChI is InChI=1S/C20H17N7O/c1-9-7-11(3)15-13(8-9)17(19(28)22-15)25-27-20-23-18-16(24-26-20)12-6-4-5-10(2)14(12)21-18/h4-8H,1-3H3,(H,22,25,28)(H2,21,23,26,27). The summed E-state index contributed by atoms with van der Waals surface area (Å²) < 4.78 is 0. The number of carbonyl (C=O) groups is 1. The number of hydrogen-bond donors (Lipinski definition) is 3. The summed E-state index contributed by atoms with van der Waals surface area (Å²) in [6, 6.07) is 9.94. The molecule has 3 N–H and O–H groups in total. The first-order chi connectivity index (χ1) is 13.5. The van der Waals surface area contributed by atoms with Crippen molar-refractivity contribution in [3.63, 3.8) is 0 Å². The lowest BCUT2D eigenvalue weighted by Gasteiger charge is -2.04. The largest absolute Gasteiger partial charge is 0.337 e. The molecule has 0 aliphatic carbocycles. The van der Waals surface area contributed by atoms with Gasteiger partial charge in [-0.05, 0) is 38.0 Å². The van der Waals surface area contributed by atoms with Gasteiger partial charge in [-0.3, -0.25) is 4.79 Å². The zero-order chi connectivity index (χ0) is 19.4. The summed E-state index contributed by atoms with van der Waals surface area (Å²) in [6.45, 7) is 5.97. The van der Waals surface area contributed by atoms with Crippen LogP contribution < -0.4 is 10.7 Å². The number of carbonyl (C=O) groups excluding carboxylic acids is 1. The quantitative estimate of drug-likeness (QED) is 0.469. The average Bonchev–Trinajstić information content (AvgIpc) is 3.18. The average molecular weight is 371 g/mol. The van der Waals surface area contributed by atoms with Gasteiger partial charge in [0.15, 0.2) is 11.4 Å². The molecule has 1 aliphatic rings. The molecule has 138 valence electrons. The van der Waals surface area contributed by atoms with Crippen LogP contribution in [0.5, 0.6) is 0 Å². The van der Waals surface area contributed by atoms with Gasteiger partial charge < -0.3 is 10.3 Å². The van der Waals surface area contributed by atoms with Crippen molar-refractivity contribution in [2.45, 2.75) is 20.8 Å². The van der Waals surface area contributed by atoms with Gasteiger partial charge in [0.2, 0.25) is 0 Å². The summed E-state index contributed by atoms with van der Waals surface area (Å²) >= 11 is 0. The van der Waals surface area contributed by atoms with E-state index in [9.17, 15) is 4.79 Å². The molecule has 0 radical (unpaired) electrons. The summed E-state index contributed by atoms with van der Waals surface area (Å²) in [4.78, 5) is 20.1. The first-order valence-electron chi connectivity index (χ1n) is 8.89. The molecule has 1 amide bonds.